The summed E-state index contributed by atoms with van der Waals surface area (Å²) >= 11 is 0. The molecule has 116 valence electrons. The molecule has 0 radical (unpaired) electrons. The number of nitrogen functional groups attached to an aromatic ring is 1. The number of benzene rings is 1. The minimum atomic E-state index is -0.467. The minimum absolute atomic E-state index is 0.159. The van der Waals surface area contributed by atoms with Crippen LogP contribution in [0.15, 0.2) is 12.1 Å². The highest BCUT2D eigenvalue weighted by molar-refractivity contribution is 5.95. The molecule has 4 N–H and O–H groups in total. The van der Waals surface area contributed by atoms with Crippen molar-refractivity contribution in [2.45, 2.75) is 32.6 Å². The van der Waals surface area contributed by atoms with Gasteiger partial charge in [0.25, 0.3) is 5.91 Å². The molecule has 2 unspecified atom stereocenters. The van der Waals surface area contributed by atoms with Gasteiger partial charge in [0, 0.05) is 30.0 Å². The summed E-state index contributed by atoms with van der Waals surface area (Å²) in [7, 11) is 0. The van der Waals surface area contributed by atoms with Crippen LogP contribution in [0.3, 0.4) is 0 Å². The third kappa shape index (κ3) is 3.73. The summed E-state index contributed by atoms with van der Waals surface area (Å²) in [5.41, 5.74) is 6.58. The number of hydrogen-bond acceptors (Lipinski definition) is 3. The minimum Gasteiger partial charge on any atom is -0.398 e. The first kappa shape index (κ1) is 15.8. The average molecular weight is 294 g/mol. The third-order valence-electron chi connectivity index (χ3n) is 4.47. The molecular weight excluding hydrogens is 271 g/mol. The molecule has 0 bridgehead atoms. The number of halogens is 1. The Hall–Kier alpha value is -1.62. The molecule has 0 aliphatic heterocycles. The number of nitrogens with one attached hydrogen (secondary N) is 1. The quantitative estimate of drug-likeness (QED) is 0.746. The van der Waals surface area contributed by atoms with Crippen molar-refractivity contribution in [1.29, 1.82) is 0 Å². The summed E-state index contributed by atoms with van der Waals surface area (Å²) in [4.78, 5) is 12.1. The van der Waals surface area contributed by atoms with Crippen molar-refractivity contribution >= 4 is 11.6 Å². The second kappa shape index (κ2) is 6.89. The number of rotatable bonds is 4. The second-order valence-corrected chi connectivity index (χ2v) is 5.87. The van der Waals surface area contributed by atoms with Crippen molar-refractivity contribution in [1.82, 2.24) is 5.32 Å². The fourth-order valence-electron chi connectivity index (χ4n) is 2.95. The molecule has 4 nitrogen and oxygen atoms in total. The number of nitrogens with two attached hydrogens (primary N) is 1. The molecule has 2 atom stereocenters. The first-order chi connectivity index (χ1) is 10.0. The van der Waals surface area contributed by atoms with Gasteiger partial charge in [-0.25, -0.2) is 4.39 Å². The van der Waals surface area contributed by atoms with E-state index in [9.17, 15) is 14.3 Å². The summed E-state index contributed by atoms with van der Waals surface area (Å²) in [6.07, 6.45) is 4.28. The molecule has 1 aromatic rings. The molecule has 2 rings (SSSR count). The Morgan fingerprint density at radius 3 is 2.67 bits per heavy atom. The third-order valence-corrected chi connectivity index (χ3v) is 4.47. The Balaban J connectivity index is 1.98. The van der Waals surface area contributed by atoms with Gasteiger partial charge in [0.05, 0.1) is 0 Å². The maximum Gasteiger partial charge on any atom is 0.251 e. The van der Waals surface area contributed by atoms with Crippen molar-refractivity contribution in [3.8, 4) is 0 Å². The fraction of sp³-hybridized carbons (Fsp3) is 0.562. The SMILES string of the molecule is Cc1c(N)cc(C(=O)NCC2CCCCC2CO)cc1F. The van der Waals surface area contributed by atoms with E-state index in [-0.39, 0.29) is 29.7 Å². The molecule has 1 aromatic carbocycles. The molecule has 0 heterocycles. The zero-order valence-corrected chi connectivity index (χ0v) is 12.4. The van der Waals surface area contributed by atoms with Crippen molar-refractivity contribution in [3.63, 3.8) is 0 Å². The molecule has 0 saturated heterocycles. The van der Waals surface area contributed by atoms with Crippen LogP contribution in [-0.2, 0) is 0 Å². The number of hydrogen-bond donors (Lipinski definition) is 3. The van der Waals surface area contributed by atoms with Crippen LogP contribution in [0.5, 0.6) is 0 Å². The van der Waals surface area contributed by atoms with Gasteiger partial charge in [0.15, 0.2) is 0 Å². The monoisotopic (exact) mass is 294 g/mol. The highest BCUT2D eigenvalue weighted by Crippen LogP contribution is 2.29. The molecule has 5 heteroatoms. The molecule has 1 amide bonds. The van der Waals surface area contributed by atoms with Gasteiger partial charge >= 0.3 is 0 Å². The Labute approximate surface area is 124 Å². The van der Waals surface area contributed by atoms with Gasteiger partial charge in [0.2, 0.25) is 0 Å². The van der Waals surface area contributed by atoms with Crippen molar-refractivity contribution in [3.05, 3.63) is 29.1 Å². The molecule has 1 saturated carbocycles. The van der Waals surface area contributed by atoms with E-state index in [0.717, 1.165) is 25.7 Å². The summed E-state index contributed by atoms with van der Waals surface area (Å²) in [6.45, 7) is 2.26. The van der Waals surface area contributed by atoms with E-state index < -0.39 is 5.82 Å². The molecule has 1 fully saturated rings. The average Bonchev–Trinajstić information content (AvgIpc) is 2.49. The second-order valence-electron chi connectivity index (χ2n) is 5.87. The molecular formula is C16H23FN2O2. The van der Waals surface area contributed by atoms with E-state index in [1.54, 1.807) is 6.92 Å². The lowest BCUT2D eigenvalue weighted by molar-refractivity contribution is 0.0909. The van der Waals surface area contributed by atoms with Crippen LogP contribution in [0.4, 0.5) is 10.1 Å². The summed E-state index contributed by atoms with van der Waals surface area (Å²) in [5.74, 6) is -0.242. The Kier molecular flexibility index (Phi) is 5.17. The number of anilines is 1. The molecule has 1 aliphatic rings. The fourth-order valence-corrected chi connectivity index (χ4v) is 2.95. The van der Waals surface area contributed by atoms with Gasteiger partial charge in [-0.3, -0.25) is 4.79 Å². The molecule has 0 aromatic heterocycles. The Morgan fingerprint density at radius 1 is 1.38 bits per heavy atom. The first-order valence-electron chi connectivity index (χ1n) is 7.47. The predicted molar refractivity (Wildman–Crippen MR) is 80.4 cm³/mol. The van der Waals surface area contributed by atoms with Crippen LogP contribution in [0.2, 0.25) is 0 Å². The van der Waals surface area contributed by atoms with Crippen LogP contribution in [-0.4, -0.2) is 24.2 Å². The highest BCUT2D eigenvalue weighted by Gasteiger charge is 2.25. The van der Waals surface area contributed by atoms with Gasteiger partial charge in [-0.1, -0.05) is 12.8 Å². The maximum absolute atomic E-state index is 13.6. The van der Waals surface area contributed by atoms with E-state index in [1.165, 1.54) is 12.1 Å². The van der Waals surface area contributed by atoms with Gasteiger partial charge in [-0.15, -0.1) is 0 Å². The van der Waals surface area contributed by atoms with Gasteiger partial charge in [0.1, 0.15) is 5.82 Å². The Bertz CT molecular complexity index is 496. The van der Waals surface area contributed by atoms with E-state index in [0.29, 0.717) is 18.0 Å². The van der Waals surface area contributed by atoms with Crippen LogP contribution < -0.4 is 11.1 Å². The van der Waals surface area contributed by atoms with E-state index >= 15 is 0 Å². The number of aliphatic hydroxyl groups is 1. The van der Waals surface area contributed by atoms with E-state index in [4.69, 9.17) is 5.73 Å². The number of carbonyl (C=O) groups is 1. The summed E-state index contributed by atoms with van der Waals surface area (Å²) in [6, 6.07) is 2.71. The van der Waals surface area contributed by atoms with Crippen molar-refractivity contribution in [2.24, 2.45) is 11.8 Å². The smallest absolute Gasteiger partial charge is 0.251 e. The molecule has 0 spiro atoms. The van der Waals surface area contributed by atoms with Gasteiger partial charge < -0.3 is 16.2 Å². The predicted octanol–water partition coefficient (Wildman–Crippen LogP) is 2.24. The first-order valence-corrected chi connectivity index (χ1v) is 7.47. The summed E-state index contributed by atoms with van der Waals surface area (Å²) < 4.78 is 13.6. The van der Waals surface area contributed by atoms with Crippen LogP contribution >= 0.6 is 0 Å². The topological polar surface area (TPSA) is 75.4 Å². The molecule has 21 heavy (non-hydrogen) atoms. The van der Waals surface area contributed by atoms with Crippen LogP contribution in [0.25, 0.3) is 0 Å². The largest absolute Gasteiger partial charge is 0.398 e. The molecule has 1 aliphatic carbocycles. The van der Waals surface area contributed by atoms with Gasteiger partial charge in [-0.2, -0.15) is 0 Å². The lowest BCUT2D eigenvalue weighted by Gasteiger charge is -2.30. The van der Waals surface area contributed by atoms with Crippen molar-refractivity contribution < 1.29 is 14.3 Å². The normalized spacial score (nSPS) is 22.0. The lowest BCUT2D eigenvalue weighted by atomic mass is 9.79. The number of aliphatic hydroxyl groups excluding tert-OH is 1. The highest BCUT2D eigenvalue weighted by atomic mass is 19.1. The van der Waals surface area contributed by atoms with E-state index in [2.05, 4.69) is 5.32 Å². The Morgan fingerprint density at radius 2 is 2.05 bits per heavy atom. The standard InChI is InChI=1S/C16H23FN2O2/c1-10-14(17)6-13(7-15(10)18)16(21)19-8-11-4-2-3-5-12(11)9-20/h6-7,11-12,20H,2-5,8-9,18H2,1H3,(H,19,21). The number of amides is 1. The van der Waals surface area contributed by atoms with Gasteiger partial charge in [-0.05, 0) is 43.7 Å². The van der Waals surface area contributed by atoms with Crippen LogP contribution in [0, 0.1) is 24.6 Å². The number of carbonyl (C=O) groups excluding carboxylic acids is 1. The maximum atomic E-state index is 13.6. The van der Waals surface area contributed by atoms with Crippen LogP contribution in [0.1, 0.15) is 41.6 Å². The van der Waals surface area contributed by atoms with Crippen molar-refractivity contribution in [2.75, 3.05) is 18.9 Å². The zero-order chi connectivity index (χ0) is 15.4. The van der Waals surface area contributed by atoms with E-state index in [1.807, 2.05) is 0 Å². The zero-order valence-electron chi connectivity index (χ0n) is 12.4. The lowest BCUT2D eigenvalue weighted by Crippen LogP contribution is -2.35. The summed E-state index contributed by atoms with van der Waals surface area (Å²) in [5, 5.41) is 12.2.